The van der Waals surface area contributed by atoms with Gasteiger partial charge in [-0.25, -0.2) is 0 Å². The predicted molar refractivity (Wildman–Crippen MR) is 65.2 cm³/mol. The summed E-state index contributed by atoms with van der Waals surface area (Å²) in [4.78, 5) is 0. The van der Waals surface area contributed by atoms with E-state index >= 15 is 0 Å². The van der Waals surface area contributed by atoms with Gasteiger partial charge in [0, 0.05) is 7.11 Å². The van der Waals surface area contributed by atoms with Crippen LogP contribution in [0.2, 0.25) is 0 Å². The van der Waals surface area contributed by atoms with Crippen LogP contribution in [0.25, 0.3) is 0 Å². The van der Waals surface area contributed by atoms with Crippen molar-refractivity contribution in [1.82, 2.24) is 0 Å². The Balaban J connectivity index is 2.84. The minimum Gasteiger partial charge on any atom is -0.377 e. The number of unbranched alkanes of at least 4 members (excludes halogenated alkanes) is 1. The van der Waals surface area contributed by atoms with Crippen molar-refractivity contribution in [3.8, 4) is 0 Å². The van der Waals surface area contributed by atoms with E-state index in [-0.39, 0.29) is 6.10 Å². The van der Waals surface area contributed by atoms with Gasteiger partial charge in [-0.1, -0.05) is 31.5 Å². The largest absolute Gasteiger partial charge is 0.377 e. The molecule has 1 unspecified atom stereocenters. The Hall–Kier alpha value is -0.820. The first-order valence-electron chi connectivity index (χ1n) is 5.81. The van der Waals surface area contributed by atoms with Crippen molar-refractivity contribution < 1.29 is 4.74 Å². The molecule has 0 aliphatic rings. The van der Waals surface area contributed by atoms with Crippen LogP contribution in [0.1, 0.15) is 49.5 Å². The van der Waals surface area contributed by atoms with Gasteiger partial charge in [-0.2, -0.15) is 0 Å². The fourth-order valence-corrected chi connectivity index (χ4v) is 1.72. The lowest BCUT2D eigenvalue weighted by molar-refractivity contribution is 0.119. The van der Waals surface area contributed by atoms with Gasteiger partial charge < -0.3 is 4.74 Å². The normalized spacial score (nSPS) is 12.8. The van der Waals surface area contributed by atoms with Crippen molar-refractivity contribution in [3.63, 3.8) is 0 Å². The first-order chi connectivity index (χ1) is 7.19. The summed E-state index contributed by atoms with van der Waals surface area (Å²) < 4.78 is 5.34. The van der Waals surface area contributed by atoms with Gasteiger partial charge in [0.15, 0.2) is 0 Å². The lowest BCUT2D eigenvalue weighted by atomic mass is 9.98. The molecule has 0 fully saturated rings. The molecule has 0 aliphatic carbocycles. The molecule has 0 heterocycles. The Morgan fingerprint density at radius 3 is 2.67 bits per heavy atom. The summed E-state index contributed by atoms with van der Waals surface area (Å²) in [6.45, 7) is 6.51. The zero-order valence-corrected chi connectivity index (χ0v) is 10.3. The molecule has 0 radical (unpaired) electrons. The molecule has 0 aromatic heterocycles. The van der Waals surface area contributed by atoms with Crippen molar-refractivity contribution in [2.75, 3.05) is 7.11 Å². The number of ether oxygens (including phenoxy) is 1. The maximum atomic E-state index is 5.34. The van der Waals surface area contributed by atoms with E-state index in [9.17, 15) is 0 Å². The van der Waals surface area contributed by atoms with E-state index in [2.05, 4.69) is 39.0 Å². The molecule has 0 aliphatic heterocycles. The van der Waals surface area contributed by atoms with E-state index in [1.54, 1.807) is 7.11 Å². The number of hydrogen-bond donors (Lipinski definition) is 0. The molecular formula is C14H22O. The zero-order valence-electron chi connectivity index (χ0n) is 10.3. The Labute approximate surface area is 93.5 Å². The average Bonchev–Trinajstić information content (AvgIpc) is 2.27. The summed E-state index contributed by atoms with van der Waals surface area (Å²) in [7, 11) is 1.76. The van der Waals surface area contributed by atoms with Gasteiger partial charge in [-0.3, -0.25) is 0 Å². The third-order valence-electron chi connectivity index (χ3n) is 3.00. The van der Waals surface area contributed by atoms with Crippen LogP contribution in [-0.4, -0.2) is 7.11 Å². The van der Waals surface area contributed by atoms with Gasteiger partial charge in [0.2, 0.25) is 0 Å². The summed E-state index contributed by atoms with van der Waals surface area (Å²) in [6.07, 6.45) is 3.91. The van der Waals surface area contributed by atoms with E-state index in [0.717, 1.165) is 0 Å². The van der Waals surface area contributed by atoms with Crippen molar-refractivity contribution >= 4 is 0 Å². The van der Waals surface area contributed by atoms with Crippen LogP contribution < -0.4 is 0 Å². The van der Waals surface area contributed by atoms with Crippen molar-refractivity contribution in [2.45, 2.75) is 46.1 Å². The molecule has 1 aromatic rings. The quantitative estimate of drug-likeness (QED) is 0.706. The second kappa shape index (κ2) is 5.92. The molecule has 84 valence electrons. The Morgan fingerprint density at radius 1 is 1.33 bits per heavy atom. The molecule has 1 atom stereocenters. The van der Waals surface area contributed by atoms with Crippen LogP contribution >= 0.6 is 0 Å². The number of benzene rings is 1. The van der Waals surface area contributed by atoms with Gasteiger partial charge in [0.05, 0.1) is 6.10 Å². The highest BCUT2D eigenvalue weighted by Gasteiger charge is 2.06. The molecule has 0 bridgehead atoms. The summed E-state index contributed by atoms with van der Waals surface area (Å²) in [5, 5.41) is 0. The number of methoxy groups -OCH3 is 1. The van der Waals surface area contributed by atoms with E-state index < -0.39 is 0 Å². The highest BCUT2D eigenvalue weighted by molar-refractivity contribution is 5.32. The highest BCUT2D eigenvalue weighted by atomic mass is 16.5. The lowest BCUT2D eigenvalue weighted by Crippen LogP contribution is -1.98. The molecule has 1 nitrogen and oxygen atoms in total. The van der Waals surface area contributed by atoms with E-state index in [1.807, 2.05) is 0 Å². The Bertz CT molecular complexity index is 304. The molecule has 1 heteroatoms. The van der Waals surface area contributed by atoms with Crippen LogP contribution in [0.15, 0.2) is 18.2 Å². The molecule has 1 aromatic carbocycles. The van der Waals surface area contributed by atoms with Crippen molar-refractivity contribution in [1.29, 1.82) is 0 Å². The summed E-state index contributed by atoms with van der Waals surface area (Å²) in [6, 6.07) is 6.66. The van der Waals surface area contributed by atoms with Crippen molar-refractivity contribution in [3.05, 3.63) is 34.9 Å². The monoisotopic (exact) mass is 206 g/mol. The second-order valence-corrected chi connectivity index (χ2v) is 4.17. The molecule has 15 heavy (non-hydrogen) atoms. The van der Waals surface area contributed by atoms with Gasteiger partial charge in [-0.15, -0.1) is 0 Å². The second-order valence-electron chi connectivity index (χ2n) is 4.17. The fourth-order valence-electron chi connectivity index (χ4n) is 1.72. The van der Waals surface area contributed by atoms with Crippen LogP contribution in [0.5, 0.6) is 0 Å². The summed E-state index contributed by atoms with van der Waals surface area (Å²) in [5.41, 5.74) is 4.16. The number of rotatable bonds is 5. The Morgan fingerprint density at radius 2 is 2.07 bits per heavy atom. The van der Waals surface area contributed by atoms with Gasteiger partial charge in [-0.05, 0) is 43.4 Å². The topological polar surface area (TPSA) is 9.23 Å². The highest BCUT2D eigenvalue weighted by Crippen LogP contribution is 2.20. The third kappa shape index (κ3) is 3.35. The van der Waals surface area contributed by atoms with Gasteiger partial charge in [0.1, 0.15) is 0 Å². The molecule has 1 rings (SSSR count). The van der Waals surface area contributed by atoms with Gasteiger partial charge in [0.25, 0.3) is 0 Å². The first kappa shape index (κ1) is 12.3. The van der Waals surface area contributed by atoms with E-state index in [0.29, 0.717) is 0 Å². The summed E-state index contributed by atoms with van der Waals surface area (Å²) >= 11 is 0. The van der Waals surface area contributed by atoms with Crippen LogP contribution in [-0.2, 0) is 11.2 Å². The SMILES string of the molecule is CCCCc1cc(C(C)OC)ccc1C. The Kier molecular flexibility index (Phi) is 4.83. The molecule has 0 N–H and O–H groups in total. The summed E-state index contributed by atoms with van der Waals surface area (Å²) in [5.74, 6) is 0. The van der Waals surface area contributed by atoms with Crippen molar-refractivity contribution in [2.24, 2.45) is 0 Å². The number of aryl methyl sites for hydroxylation is 2. The first-order valence-corrected chi connectivity index (χ1v) is 5.81. The number of hydrogen-bond acceptors (Lipinski definition) is 1. The molecule has 0 amide bonds. The third-order valence-corrected chi connectivity index (χ3v) is 3.00. The molecular weight excluding hydrogens is 184 g/mol. The van der Waals surface area contributed by atoms with E-state index in [1.165, 1.54) is 36.0 Å². The minimum atomic E-state index is 0.200. The molecule has 0 saturated carbocycles. The van der Waals surface area contributed by atoms with Crippen LogP contribution in [0.3, 0.4) is 0 Å². The minimum absolute atomic E-state index is 0.200. The van der Waals surface area contributed by atoms with Crippen LogP contribution in [0, 0.1) is 6.92 Å². The zero-order chi connectivity index (χ0) is 11.3. The standard InChI is InChI=1S/C14H22O/c1-5-6-7-13-10-14(12(3)15-4)9-8-11(13)2/h8-10,12H,5-7H2,1-4H3. The molecule has 0 spiro atoms. The smallest absolute Gasteiger partial charge is 0.0793 e. The average molecular weight is 206 g/mol. The predicted octanol–water partition coefficient (Wildman–Crippen LogP) is 4.05. The molecule has 0 saturated heterocycles. The maximum absolute atomic E-state index is 5.34. The maximum Gasteiger partial charge on any atom is 0.0793 e. The van der Waals surface area contributed by atoms with Crippen LogP contribution in [0.4, 0.5) is 0 Å². The lowest BCUT2D eigenvalue weighted by Gasteiger charge is -2.13. The van der Waals surface area contributed by atoms with E-state index in [4.69, 9.17) is 4.74 Å². The fraction of sp³-hybridized carbons (Fsp3) is 0.571. The van der Waals surface area contributed by atoms with Gasteiger partial charge >= 0.3 is 0 Å².